The van der Waals surface area contributed by atoms with E-state index in [0.717, 1.165) is 21.8 Å². The monoisotopic (exact) mass is 393 g/mol. The maximum Gasteiger partial charge on any atom is 0.326 e. The minimum absolute atomic E-state index is 0.259. The Morgan fingerprint density at radius 2 is 1.52 bits per heavy atom. The SMILES string of the molecule is Cc1ccc(NC(=O)CN2NC3N(CCN3c3ccc(C)cc3)C(=O)C2=O)cc1. The van der Waals surface area contributed by atoms with Crippen LogP contribution in [0.25, 0.3) is 0 Å². The van der Waals surface area contributed by atoms with Crippen LogP contribution in [0, 0.1) is 13.8 Å². The molecular weight excluding hydrogens is 370 g/mol. The summed E-state index contributed by atoms with van der Waals surface area (Å²) in [6.45, 7) is 4.75. The second-order valence-electron chi connectivity index (χ2n) is 7.34. The number of nitrogens with one attached hydrogen (secondary N) is 2. The van der Waals surface area contributed by atoms with Crippen molar-refractivity contribution in [3.8, 4) is 0 Å². The van der Waals surface area contributed by atoms with Gasteiger partial charge in [-0.2, -0.15) is 5.43 Å². The molecule has 1 atom stereocenters. The fraction of sp³-hybridized carbons (Fsp3) is 0.286. The Morgan fingerprint density at radius 3 is 2.17 bits per heavy atom. The highest BCUT2D eigenvalue weighted by Gasteiger charge is 2.45. The maximum absolute atomic E-state index is 12.6. The molecule has 2 saturated heterocycles. The molecule has 2 aliphatic rings. The molecule has 0 spiro atoms. The van der Waals surface area contributed by atoms with Crippen LogP contribution < -0.4 is 15.6 Å². The van der Waals surface area contributed by atoms with Crippen molar-refractivity contribution in [3.05, 3.63) is 59.7 Å². The standard InChI is InChI=1S/C21H23N5O3/c1-14-3-7-16(8-4-14)22-18(27)13-26-20(29)19(28)25-12-11-24(21(25)23-26)17-9-5-15(2)6-10-17/h3-10,21,23H,11-13H2,1-2H3,(H,22,27). The minimum atomic E-state index is -0.730. The van der Waals surface area contributed by atoms with E-state index in [-0.39, 0.29) is 12.5 Å². The van der Waals surface area contributed by atoms with Crippen LogP contribution in [0.1, 0.15) is 11.1 Å². The third-order valence-electron chi connectivity index (χ3n) is 5.14. The van der Waals surface area contributed by atoms with Crippen molar-refractivity contribution in [2.75, 3.05) is 29.9 Å². The van der Waals surface area contributed by atoms with Gasteiger partial charge in [-0.15, -0.1) is 0 Å². The fourth-order valence-corrected chi connectivity index (χ4v) is 3.52. The molecule has 0 saturated carbocycles. The topological polar surface area (TPSA) is 85.0 Å². The molecule has 0 aromatic heterocycles. The number of rotatable bonds is 4. The third-order valence-corrected chi connectivity index (χ3v) is 5.14. The lowest BCUT2D eigenvalue weighted by molar-refractivity contribution is -0.163. The number of anilines is 2. The van der Waals surface area contributed by atoms with Gasteiger partial charge in [-0.3, -0.25) is 24.3 Å². The van der Waals surface area contributed by atoms with Crippen molar-refractivity contribution in [1.82, 2.24) is 15.3 Å². The second-order valence-corrected chi connectivity index (χ2v) is 7.34. The van der Waals surface area contributed by atoms with Crippen LogP contribution in [0.3, 0.4) is 0 Å². The first-order valence-electron chi connectivity index (χ1n) is 9.51. The van der Waals surface area contributed by atoms with Gasteiger partial charge >= 0.3 is 11.8 Å². The number of carbonyl (C=O) groups excluding carboxylic acids is 3. The highest BCUT2D eigenvalue weighted by molar-refractivity contribution is 6.35. The zero-order valence-corrected chi connectivity index (χ0v) is 16.4. The number of aryl methyl sites for hydroxylation is 2. The lowest BCUT2D eigenvalue weighted by Crippen LogP contribution is -2.68. The highest BCUT2D eigenvalue weighted by atomic mass is 16.2. The van der Waals surface area contributed by atoms with E-state index in [2.05, 4.69) is 10.7 Å². The maximum atomic E-state index is 12.6. The van der Waals surface area contributed by atoms with Gasteiger partial charge in [0, 0.05) is 24.5 Å². The van der Waals surface area contributed by atoms with Gasteiger partial charge in [0.1, 0.15) is 6.54 Å². The smallest absolute Gasteiger partial charge is 0.326 e. The Bertz CT molecular complexity index is 942. The Morgan fingerprint density at radius 1 is 0.931 bits per heavy atom. The van der Waals surface area contributed by atoms with E-state index in [1.54, 1.807) is 12.1 Å². The van der Waals surface area contributed by atoms with E-state index < -0.39 is 18.1 Å². The van der Waals surface area contributed by atoms with Crippen LogP contribution in [0.5, 0.6) is 0 Å². The molecule has 4 rings (SSSR count). The fourth-order valence-electron chi connectivity index (χ4n) is 3.52. The number of nitrogens with zero attached hydrogens (tertiary/aromatic N) is 3. The summed E-state index contributed by atoms with van der Waals surface area (Å²) in [5.74, 6) is -1.71. The quantitative estimate of drug-likeness (QED) is 0.763. The molecule has 0 aliphatic carbocycles. The molecule has 2 fully saturated rings. The molecule has 0 bridgehead atoms. The predicted octanol–water partition coefficient (Wildman–Crippen LogP) is 1.22. The van der Waals surface area contributed by atoms with Gasteiger partial charge in [0.2, 0.25) is 5.91 Å². The molecule has 8 nitrogen and oxygen atoms in total. The van der Waals surface area contributed by atoms with E-state index >= 15 is 0 Å². The zero-order valence-electron chi connectivity index (χ0n) is 16.4. The Hall–Kier alpha value is -3.39. The molecule has 0 radical (unpaired) electrons. The van der Waals surface area contributed by atoms with Gasteiger partial charge in [-0.25, -0.2) is 0 Å². The van der Waals surface area contributed by atoms with Crippen molar-refractivity contribution in [2.24, 2.45) is 0 Å². The van der Waals surface area contributed by atoms with Gasteiger partial charge < -0.3 is 10.2 Å². The summed E-state index contributed by atoms with van der Waals surface area (Å²) < 4.78 is 0. The Labute approximate surface area is 169 Å². The van der Waals surface area contributed by atoms with Crippen molar-refractivity contribution in [1.29, 1.82) is 0 Å². The zero-order chi connectivity index (χ0) is 20.5. The van der Waals surface area contributed by atoms with E-state index in [0.29, 0.717) is 18.8 Å². The van der Waals surface area contributed by atoms with Gasteiger partial charge in [0.05, 0.1) is 0 Å². The number of hydrogen-bond acceptors (Lipinski definition) is 5. The normalized spacial score (nSPS) is 18.8. The Balaban J connectivity index is 1.47. The average Bonchev–Trinajstić information content (AvgIpc) is 3.12. The van der Waals surface area contributed by atoms with Crippen molar-refractivity contribution >= 4 is 29.1 Å². The lowest BCUT2D eigenvalue weighted by Gasteiger charge is -2.40. The van der Waals surface area contributed by atoms with Crippen LogP contribution in [-0.2, 0) is 14.4 Å². The summed E-state index contributed by atoms with van der Waals surface area (Å²) in [5, 5.41) is 3.85. The first-order chi connectivity index (χ1) is 13.9. The largest absolute Gasteiger partial charge is 0.336 e. The minimum Gasteiger partial charge on any atom is -0.336 e. The van der Waals surface area contributed by atoms with Crippen LogP contribution in [0.4, 0.5) is 11.4 Å². The number of fused-ring (bicyclic) bond motifs is 1. The molecule has 29 heavy (non-hydrogen) atoms. The number of hydrogen-bond donors (Lipinski definition) is 2. The molecule has 1 unspecified atom stereocenters. The van der Waals surface area contributed by atoms with E-state index in [1.165, 1.54) is 4.90 Å². The Kier molecular flexibility index (Phi) is 4.94. The predicted molar refractivity (Wildman–Crippen MR) is 109 cm³/mol. The molecule has 2 aromatic rings. The number of carbonyl (C=O) groups is 3. The first kappa shape index (κ1) is 18.9. The van der Waals surface area contributed by atoms with Crippen LogP contribution in [0.15, 0.2) is 48.5 Å². The summed E-state index contributed by atoms with van der Waals surface area (Å²) in [6.07, 6.45) is -0.505. The molecule has 2 aliphatic heterocycles. The van der Waals surface area contributed by atoms with Crippen LogP contribution in [-0.4, -0.2) is 53.6 Å². The number of hydrazine groups is 1. The average molecular weight is 393 g/mol. The summed E-state index contributed by atoms with van der Waals surface area (Å²) in [4.78, 5) is 40.9. The van der Waals surface area contributed by atoms with Gasteiger partial charge in [-0.05, 0) is 38.1 Å². The van der Waals surface area contributed by atoms with Crippen LogP contribution in [0.2, 0.25) is 0 Å². The molecule has 150 valence electrons. The molecule has 3 amide bonds. The molecule has 2 N–H and O–H groups in total. The highest BCUT2D eigenvalue weighted by Crippen LogP contribution is 2.25. The van der Waals surface area contributed by atoms with Crippen LogP contribution >= 0.6 is 0 Å². The molecule has 2 heterocycles. The first-order valence-corrected chi connectivity index (χ1v) is 9.51. The summed E-state index contributed by atoms with van der Waals surface area (Å²) >= 11 is 0. The van der Waals surface area contributed by atoms with Gasteiger partial charge in [-0.1, -0.05) is 35.4 Å². The molecular formula is C21H23N5O3. The van der Waals surface area contributed by atoms with E-state index in [4.69, 9.17) is 0 Å². The van der Waals surface area contributed by atoms with Crippen molar-refractivity contribution in [2.45, 2.75) is 20.1 Å². The van der Waals surface area contributed by atoms with Gasteiger partial charge in [0.15, 0.2) is 6.29 Å². The second kappa shape index (κ2) is 7.56. The van der Waals surface area contributed by atoms with Crippen molar-refractivity contribution < 1.29 is 14.4 Å². The number of amides is 3. The summed E-state index contributed by atoms with van der Waals surface area (Å²) in [5.41, 5.74) is 6.85. The van der Waals surface area contributed by atoms with E-state index in [9.17, 15) is 14.4 Å². The van der Waals surface area contributed by atoms with Crippen molar-refractivity contribution in [3.63, 3.8) is 0 Å². The summed E-state index contributed by atoms with van der Waals surface area (Å²) in [6, 6.07) is 15.3. The molecule has 2 aromatic carbocycles. The third kappa shape index (κ3) is 3.79. The lowest BCUT2D eigenvalue weighted by atomic mass is 10.2. The van der Waals surface area contributed by atoms with Gasteiger partial charge in [0.25, 0.3) is 0 Å². The summed E-state index contributed by atoms with van der Waals surface area (Å²) in [7, 11) is 0. The van der Waals surface area contributed by atoms with E-state index in [1.807, 2.05) is 55.1 Å². The number of benzene rings is 2. The molecule has 8 heteroatoms.